The van der Waals surface area contributed by atoms with Gasteiger partial charge in [0.1, 0.15) is 5.82 Å². The van der Waals surface area contributed by atoms with E-state index in [1.165, 1.54) is 30.5 Å². The highest BCUT2D eigenvalue weighted by atomic mass is 19.4. The first-order valence-electron chi connectivity index (χ1n) is 6.76. The minimum atomic E-state index is -4.61. The number of hydrogen-bond donors (Lipinski definition) is 1. The number of halogens is 4. The predicted molar refractivity (Wildman–Crippen MR) is 79.1 cm³/mol. The molecule has 24 heavy (non-hydrogen) atoms. The van der Waals surface area contributed by atoms with Crippen LogP contribution in [0.3, 0.4) is 0 Å². The van der Waals surface area contributed by atoms with Crippen LogP contribution in [0.2, 0.25) is 0 Å². The van der Waals surface area contributed by atoms with Gasteiger partial charge in [0, 0.05) is 17.1 Å². The molecule has 0 aliphatic carbocycles. The molecular weight excluding hydrogens is 326 g/mol. The summed E-state index contributed by atoms with van der Waals surface area (Å²) in [5.74, 6) is -2.03. The highest BCUT2D eigenvalue weighted by molar-refractivity contribution is 5.99. The van der Waals surface area contributed by atoms with Gasteiger partial charge in [-0.2, -0.15) is 13.2 Å². The van der Waals surface area contributed by atoms with Gasteiger partial charge >= 0.3 is 12.1 Å². The molecule has 0 saturated carbocycles. The second-order valence-corrected chi connectivity index (χ2v) is 5.09. The maximum atomic E-state index is 14.1. The van der Waals surface area contributed by atoms with Crippen LogP contribution in [0.15, 0.2) is 48.7 Å². The second-order valence-electron chi connectivity index (χ2n) is 5.09. The summed E-state index contributed by atoms with van der Waals surface area (Å²) in [6, 6.07) is 7.47. The fraction of sp³-hybridized carbons (Fsp3) is 0.0588. The van der Waals surface area contributed by atoms with Crippen LogP contribution in [-0.4, -0.2) is 16.1 Å². The predicted octanol–water partition coefficient (Wildman–Crippen LogP) is 4.76. The van der Waals surface area contributed by atoms with Gasteiger partial charge in [-0.15, -0.1) is 0 Å². The van der Waals surface area contributed by atoms with Crippen molar-refractivity contribution in [2.24, 2.45) is 0 Å². The van der Waals surface area contributed by atoms with Crippen LogP contribution >= 0.6 is 0 Å². The van der Waals surface area contributed by atoms with Crippen molar-refractivity contribution in [2.45, 2.75) is 6.18 Å². The minimum absolute atomic E-state index is 0.0656. The molecule has 3 nitrogen and oxygen atoms in total. The van der Waals surface area contributed by atoms with Gasteiger partial charge in [-0.25, -0.2) is 9.18 Å². The van der Waals surface area contributed by atoms with E-state index in [1.54, 1.807) is 0 Å². The van der Waals surface area contributed by atoms with Crippen molar-refractivity contribution in [1.82, 2.24) is 4.98 Å². The molecule has 3 rings (SSSR count). The van der Waals surface area contributed by atoms with Gasteiger partial charge in [0.15, 0.2) is 0 Å². The average Bonchev–Trinajstić information content (AvgIpc) is 2.53. The van der Waals surface area contributed by atoms with Gasteiger partial charge < -0.3 is 5.11 Å². The van der Waals surface area contributed by atoms with E-state index in [2.05, 4.69) is 4.98 Å². The molecule has 0 fully saturated rings. The first kappa shape index (κ1) is 15.9. The Labute approximate surface area is 133 Å². The Hall–Kier alpha value is -2.96. The third kappa shape index (κ3) is 2.80. The average molecular weight is 335 g/mol. The molecular formula is C17H9F4NO2. The molecule has 3 aromatic rings. The molecule has 1 aromatic heterocycles. The number of carbonyl (C=O) groups is 1. The van der Waals surface area contributed by atoms with Gasteiger partial charge in [0.25, 0.3) is 0 Å². The van der Waals surface area contributed by atoms with E-state index in [-0.39, 0.29) is 22.1 Å². The molecule has 0 radical (unpaired) electrons. The number of carboxylic acid groups (broad SMARTS) is 1. The standard InChI is InChI=1S/C17H9F4NO2/c18-14-3-2-10(17(19,20)21)8-12(14)11-5-6-22-15-4-1-9(16(23)24)7-13(11)15/h1-8H,(H,23,24). The number of benzene rings is 2. The van der Waals surface area contributed by atoms with Gasteiger partial charge in [0.05, 0.1) is 16.6 Å². The SMILES string of the molecule is O=C(O)c1ccc2nccc(-c3cc(C(F)(F)F)ccc3F)c2c1. The van der Waals surface area contributed by atoms with Crippen LogP contribution in [-0.2, 0) is 6.18 Å². The zero-order valence-corrected chi connectivity index (χ0v) is 11.9. The Morgan fingerprint density at radius 3 is 2.42 bits per heavy atom. The number of nitrogens with zero attached hydrogens (tertiary/aromatic N) is 1. The Balaban J connectivity index is 2.30. The number of alkyl halides is 3. The molecule has 1 heterocycles. The third-order valence-corrected chi connectivity index (χ3v) is 3.57. The largest absolute Gasteiger partial charge is 0.478 e. The van der Waals surface area contributed by atoms with Crippen LogP contribution in [0.25, 0.3) is 22.0 Å². The Kier molecular flexibility index (Phi) is 3.71. The molecule has 0 amide bonds. The normalized spacial score (nSPS) is 11.7. The van der Waals surface area contributed by atoms with Crippen molar-refractivity contribution in [3.05, 3.63) is 65.6 Å². The molecule has 0 unspecified atom stereocenters. The van der Waals surface area contributed by atoms with E-state index in [4.69, 9.17) is 5.11 Å². The fourth-order valence-corrected chi connectivity index (χ4v) is 2.42. The summed E-state index contributed by atoms with van der Waals surface area (Å²) < 4.78 is 52.8. The third-order valence-electron chi connectivity index (χ3n) is 3.57. The summed E-state index contributed by atoms with van der Waals surface area (Å²) in [6.07, 6.45) is -3.28. The first-order valence-corrected chi connectivity index (χ1v) is 6.76. The number of hydrogen-bond acceptors (Lipinski definition) is 2. The zero-order chi connectivity index (χ0) is 17.5. The monoisotopic (exact) mass is 335 g/mol. The number of rotatable bonds is 2. The van der Waals surface area contributed by atoms with Gasteiger partial charge in [-0.1, -0.05) is 0 Å². The van der Waals surface area contributed by atoms with Crippen molar-refractivity contribution in [1.29, 1.82) is 0 Å². The molecule has 0 aliphatic rings. The van der Waals surface area contributed by atoms with E-state index < -0.39 is 23.5 Å². The molecule has 122 valence electrons. The highest BCUT2D eigenvalue weighted by Crippen LogP contribution is 2.35. The van der Waals surface area contributed by atoms with Gasteiger partial charge in [-0.05, 0) is 48.0 Å². The lowest BCUT2D eigenvalue weighted by Crippen LogP contribution is -2.05. The molecule has 0 spiro atoms. The second kappa shape index (κ2) is 5.59. The van der Waals surface area contributed by atoms with Crippen molar-refractivity contribution >= 4 is 16.9 Å². The van der Waals surface area contributed by atoms with Crippen LogP contribution < -0.4 is 0 Å². The van der Waals surface area contributed by atoms with Crippen molar-refractivity contribution < 1.29 is 27.5 Å². The smallest absolute Gasteiger partial charge is 0.416 e. The quantitative estimate of drug-likeness (QED) is 0.687. The Bertz CT molecular complexity index is 951. The zero-order valence-electron chi connectivity index (χ0n) is 11.9. The van der Waals surface area contributed by atoms with Crippen LogP contribution in [0.4, 0.5) is 17.6 Å². The molecule has 1 N–H and O–H groups in total. The highest BCUT2D eigenvalue weighted by Gasteiger charge is 2.31. The molecule has 0 aliphatic heterocycles. The Morgan fingerprint density at radius 2 is 1.75 bits per heavy atom. The summed E-state index contributed by atoms with van der Waals surface area (Å²) in [6.45, 7) is 0. The number of carboxylic acids is 1. The topological polar surface area (TPSA) is 50.2 Å². The van der Waals surface area contributed by atoms with Crippen molar-refractivity contribution in [3.63, 3.8) is 0 Å². The van der Waals surface area contributed by atoms with E-state index in [0.29, 0.717) is 17.6 Å². The van der Waals surface area contributed by atoms with Crippen molar-refractivity contribution in [3.8, 4) is 11.1 Å². The molecule has 0 bridgehead atoms. The number of pyridine rings is 1. The number of fused-ring (bicyclic) bond motifs is 1. The lowest BCUT2D eigenvalue weighted by Gasteiger charge is -2.12. The Morgan fingerprint density at radius 1 is 1.00 bits per heavy atom. The number of aromatic nitrogens is 1. The van der Waals surface area contributed by atoms with Crippen molar-refractivity contribution in [2.75, 3.05) is 0 Å². The molecule has 0 atom stereocenters. The van der Waals surface area contributed by atoms with E-state index >= 15 is 0 Å². The van der Waals surface area contributed by atoms with Crippen LogP contribution in [0, 0.1) is 5.82 Å². The van der Waals surface area contributed by atoms with Crippen LogP contribution in [0.5, 0.6) is 0 Å². The number of aromatic carboxylic acids is 1. The minimum Gasteiger partial charge on any atom is -0.478 e. The summed E-state index contributed by atoms with van der Waals surface area (Å²) >= 11 is 0. The maximum Gasteiger partial charge on any atom is 0.416 e. The van der Waals surface area contributed by atoms with Gasteiger partial charge in [0.2, 0.25) is 0 Å². The summed E-state index contributed by atoms with van der Waals surface area (Å²) in [4.78, 5) is 15.1. The lowest BCUT2D eigenvalue weighted by atomic mass is 9.97. The van der Waals surface area contributed by atoms with E-state index in [0.717, 1.165) is 6.07 Å². The van der Waals surface area contributed by atoms with Crippen LogP contribution in [0.1, 0.15) is 15.9 Å². The van der Waals surface area contributed by atoms with Gasteiger partial charge in [-0.3, -0.25) is 4.98 Å². The first-order chi connectivity index (χ1) is 11.3. The van der Waals surface area contributed by atoms with E-state index in [9.17, 15) is 22.4 Å². The summed E-state index contributed by atoms with van der Waals surface area (Å²) in [5, 5.41) is 9.33. The van der Waals surface area contributed by atoms with E-state index in [1.807, 2.05) is 0 Å². The fourth-order valence-electron chi connectivity index (χ4n) is 2.42. The molecule has 7 heteroatoms. The molecule has 2 aromatic carbocycles. The lowest BCUT2D eigenvalue weighted by molar-refractivity contribution is -0.137. The maximum absolute atomic E-state index is 14.1. The summed E-state index contributed by atoms with van der Waals surface area (Å²) in [7, 11) is 0. The summed E-state index contributed by atoms with van der Waals surface area (Å²) in [5.41, 5.74) is -0.817. The molecule has 0 saturated heterocycles.